The third-order valence-electron chi connectivity index (χ3n) is 6.35. The van der Waals surface area contributed by atoms with E-state index in [2.05, 4.69) is 5.16 Å². The van der Waals surface area contributed by atoms with Crippen LogP contribution in [0.2, 0.25) is 0 Å². The SMILES string of the molecule is Cc1ccccc1/C(=N/OC(=O)c1ccccc1)C(=O)c1ccc(Sc2ccc(C(=O)c3ccccc3)cc2)cc1. The lowest BCUT2D eigenvalue weighted by atomic mass is 9.97. The van der Waals surface area contributed by atoms with Gasteiger partial charge in [-0.2, -0.15) is 0 Å². The van der Waals surface area contributed by atoms with Crippen molar-refractivity contribution in [3.8, 4) is 0 Å². The van der Waals surface area contributed by atoms with Crippen molar-refractivity contribution in [1.29, 1.82) is 0 Å². The topological polar surface area (TPSA) is 72.8 Å². The zero-order valence-electron chi connectivity index (χ0n) is 22.2. The second-order valence-corrected chi connectivity index (χ2v) is 10.3. The van der Waals surface area contributed by atoms with Gasteiger partial charge in [0.25, 0.3) is 0 Å². The molecule has 5 aromatic carbocycles. The van der Waals surface area contributed by atoms with Crippen LogP contribution in [-0.4, -0.2) is 23.2 Å². The van der Waals surface area contributed by atoms with Gasteiger partial charge in [-0.05, 0) is 73.2 Å². The molecule has 0 aliphatic heterocycles. The highest BCUT2D eigenvalue weighted by Crippen LogP contribution is 2.29. The number of nitrogens with zero attached hydrogens (tertiary/aromatic N) is 1. The molecule has 0 aliphatic carbocycles. The van der Waals surface area contributed by atoms with Crippen LogP contribution in [0.5, 0.6) is 0 Å². The van der Waals surface area contributed by atoms with Gasteiger partial charge in [-0.15, -0.1) is 0 Å². The molecular weight excluding hydrogens is 530 g/mol. The van der Waals surface area contributed by atoms with Gasteiger partial charge in [-0.3, -0.25) is 9.59 Å². The van der Waals surface area contributed by atoms with Crippen LogP contribution >= 0.6 is 11.8 Å². The highest BCUT2D eigenvalue weighted by Gasteiger charge is 2.20. The molecule has 0 aliphatic rings. The van der Waals surface area contributed by atoms with Crippen LogP contribution in [0.25, 0.3) is 0 Å². The molecule has 0 radical (unpaired) electrons. The Bertz CT molecular complexity index is 1710. The van der Waals surface area contributed by atoms with E-state index in [0.29, 0.717) is 27.8 Å². The molecular formula is C35H25NO4S. The molecule has 0 unspecified atom stereocenters. The summed E-state index contributed by atoms with van der Waals surface area (Å²) >= 11 is 1.52. The van der Waals surface area contributed by atoms with Gasteiger partial charge in [0.05, 0.1) is 5.56 Å². The van der Waals surface area contributed by atoms with Crippen molar-refractivity contribution in [2.24, 2.45) is 5.16 Å². The minimum atomic E-state index is -0.646. The number of Topliss-reactive ketones (excluding diaryl/α,β-unsaturated/α-hetero) is 1. The van der Waals surface area contributed by atoms with Gasteiger partial charge in [-0.25, -0.2) is 4.79 Å². The minimum Gasteiger partial charge on any atom is -0.312 e. The highest BCUT2D eigenvalue weighted by molar-refractivity contribution is 7.99. The van der Waals surface area contributed by atoms with Crippen molar-refractivity contribution >= 4 is 35.0 Å². The average molecular weight is 556 g/mol. The third-order valence-corrected chi connectivity index (χ3v) is 7.37. The number of benzene rings is 5. The lowest BCUT2D eigenvalue weighted by Gasteiger charge is -2.09. The summed E-state index contributed by atoms with van der Waals surface area (Å²) < 4.78 is 0. The number of hydrogen-bond donors (Lipinski definition) is 0. The number of aryl methyl sites for hydroxylation is 1. The summed E-state index contributed by atoms with van der Waals surface area (Å²) in [6.45, 7) is 1.87. The Balaban J connectivity index is 1.32. The summed E-state index contributed by atoms with van der Waals surface area (Å²) in [5, 5.41) is 4.03. The van der Waals surface area contributed by atoms with Crippen LogP contribution in [0.15, 0.2) is 148 Å². The predicted molar refractivity (Wildman–Crippen MR) is 161 cm³/mol. The molecule has 0 fully saturated rings. The van der Waals surface area contributed by atoms with Crippen molar-refractivity contribution in [2.75, 3.05) is 0 Å². The number of hydrogen-bond acceptors (Lipinski definition) is 6. The summed E-state index contributed by atoms with van der Waals surface area (Å²) in [6, 6.07) is 39.6. The van der Waals surface area contributed by atoms with E-state index in [-0.39, 0.29) is 17.3 Å². The van der Waals surface area contributed by atoms with Gasteiger partial charge in [0.1, 0.15) is 0 Å². The molecule has 0 heterocycles. The first kappa shape index (κ1) is 27.5. The van der Waals surface area contributed by atoms with E-state index in [1.165, 1.54) is 11.8 Å². The standard InChI is InChI=1S/C35H25NO4S/c1-24-10-8-9-15-31(24)32(36-40-35(39)28-13-6-3-7-14-28)34(38)27-18-22-30(23-19-27)41-29-20-16-26(17-21-29)33(37)25-11-4-2-5-12-25/h2-23H,1H3/b36-32-. The van der Waals surface area contributed by atoms with E-state index >= 15 is 0 Å². The molecule has 200 valence electrons. The second-order valence-electron chi connectivity index (χ2n) is 9.17. The summed E-state index contributed by atoms with van der Waals surface area (Å²) in [5.41, 5.74) is 3.49. The van der Waals surface area contributed by atoms with Crippen LogP contribution in [0, 0.1) is 6.92 Å². The Labute approximate surface area is 242 Å². The fourth-order valence-corrected chi connectivity index (χ4v) is 4.96. The van der Waals surface area contributed by atoms with Crippen molar-refractivity contribution in [3.63, 3.8) is 0 Å². The molecule has 0 bridgehead atoms. The van der Waals surface area contributed by atoms with E-state index < -0.39 is 5.97 Å². The van der Waals surface area contributed by atoms with Crippen LogP contribution < -0.4 is 0 Å². The van der Waals surface area contributed by atoms with Gasteiger partial charge in [-0.1, -0.05) is 89.7 Å². The summed E-state index contributed by atoms with van der Waals surface area (Å²) in [6.07, 6.45) is 0. The van der Waals surface area contributed by atoms with E-state index in [0.717, 1.165) is 15.4 Å². The summed E-state index contributed by atoms with van der Waals surface area (Å²) in [7, 11) is 0. The highest BCUT2D eigenvalue weighted by atomic mass is 32.2. The Morgan fingerprint density at radius 2 is 1.05 bits per heavy atom. The van der Waals surface area contributed by atoms with Gasteiger partial charge in [0.15, 0.2) is 11.5 Å². The van der Waals surface area contributed by atoms with E-state index in [9.17, 15) is 14.4 Å². The minimum absolute atomic E-state index is 0.0226. The quantitative estimate of drug-likeness (QED) is 0.0802. The number of carbonyl (C=O) groups excluding carboxylic acids is 3. The van der Waals surface area contributed by atoms with E-state index in [1.54, 1.807) is 60.7 Å². The Hall–Kier alpha value is -5.07. The number of carbonyl (C=O) groups is 3. The van der Waals surface area contributed by atoms with Gasteiger partial charge >= 0.3 is 5.97 Å². The molecule has 5 aromatic rings. The van der Waals surface area contributed by atoms with Gasteiger partial charge < -0.3 is 4.84 Å². The number of ketones is 2. The lowest BCUT2D eigenvalue weighted by molar-refractivity contribution is 0.0516. The molecule has 0 atom stereocenters. The maximum absolute atomic E-state index is 13.6. The van der Waals surface area contributed by atoms with Crippen molar-refractivity contribution in [1.82, 2.24) is 0 Å². The summed E-state index contributed by atoms with van der Waals surface area (Å²) in [5.74, 6) is -1.03. The maximum atomic E-state index is 13.6. The molecule has 0 N–H and O–H groups in total. The Kier molecular flexibility index (Phi) is 8.62. The molecule has 6 heteroatoms. The van der Waals surface area contributed by atoms with Crippen molar-refractivity contribution in [3.05, 3.63) is 167 Å². The van der Waals surface area contributed by atoms with Gasteiger partial charge in [0, 0.05) is 32.0 Å². The van der Waals surface area contributed by atoms with Crippen LogP contribution in [0.4, 0.5) is 0 Å². The molecule has 41 heavy (non-hydrogen) atoms. The van der Waals surface area contributed by atoms with Crippen molar-refractivity contribution < 1.29 is 19.2 Å². The largest absolute Gasteiger partial charge is 0.365 e. The average Bonchev–Trinajstić information content (AvgIpc) is 3.03. The van der Waals surface area contributed by atoms with Crippen LogP contribution in [0.1, 0.15) is 47.8 Å². The van der Waals surface area contributed by atoms with E-state index in [4.69, 9.17) is 4.84 Å². The molecule has 5 nitrogen and oxygen atoms in total. The van der Waals surface area contributed by atoms with Crippen LogP contribution in [-0.2, 0) is 4.84 Å². The normalized spacial score (nSPS) is 11.1. The summed E-state index contributed by atoms with van der Waals surface area (Å²) in [4.78, 5) is 45.8. The smallest absolute Gasteiger partial charge is 0.312 e. The number of rotatable bonds is 9. The molecule has 0 amide bonds. The van der Waals surface area contributed by atoms with E-state index in [1.807, 2.05) is 79.7 Å². The molecule has 0 saturated carbocycles. The van der Waals surface area contributed by atoms with Crippen LogP contribution in [0.3, 0.4) is 0 Å². The lowest BCUT2D eigenvalue weighted by Crippen LogP contribution is -2.18. The first-order valence-electron chi connectivity index (χ1n) is 12.9. The van der Waals surface area contributed by atoms with Gasteiger partial charge in [0.2, 0.25) is 5.78 Å². The molecule has 0 aromatic heterocycles. The second kappa shape index (κ2) is 12.9. The number of oxime groups is 1. The zero-order valence-corrected chi connectivity index (χ0v) is 23.0. The molecule has 5 rings (SSSR count). The Morgan fingerprint density at radius 3 is 1.63 bits per heavy atom. The predicted octanol–water partition coefficient (Wildman–Crippen LogP) is 7.82. The fraction of sp³-hybridized carbons (Fsp3) is 0.0286. The maximum Gasteiger partial charge on any atom is 0.365 e. The fourth-order valence-electron chi connectivity index (χ4n) is 4.14. The zero-order chi connectivity index (χ0) is 28.6. The van der Waals surface area contributed by atoms with Crippen molar-refractivity contribution in [2.45, 2.75) is 16.7 Å². The first-order valence-corrected chi connectivity index (χ1v) is 13.7. The first-order chi connectivity index (χ1) is 20.0. The Morgan fingerprint density at radius 1 is 0.561 bits per heavy atom. The monoisotopic (exact) mass is 555 g/mol. The molecule has 0 saturated heterocycles. The molecule has 0 spiro atoms. The third kappa shape index (κ3) is 6.75.